The Bertz CT molecular complexity index is 1480. The Morgan fingerprint density at radius 3 is 2.56 bits per heavy atom. The number of rotatable bonds is 8. The fourth-order valence-electron chi connectivity index (χ4n) is 3.68. The molecule has 1 aliphatic heterocycles. The number of sulfonamides is 2. The van der Waals surface area contributed by atoms with Gasteiger partial charge in [-0.1, -0.05) is 24.6 Å². The quantitative estimate of drug-likeness (QED) is 0.328. The molecular weight excluding hydrogens is 522 g/mol. The van der Waals surface area contributed by atoms with E-state index in [1.807, 2.05) is 0 Å². The number of thiophene rings is 1. The minimum Gasteiger partial charge on any atom is -0.277 e. The molecule has 3 heterocycles. The molecule has 190 valence electrons. The Kier molecular flexibility index (Phi) is 7.83. The van der Waals surface area contributed by atoms with Crippen molar-refractivity contribution in [2.75, 3.05) is 17.8 Å². The summed E-state index contributed by atoms with van der Waals surface area (Å²) in [5.41, 5.74) is 3.36. The third-order valence-corrected chi connectivity index (χ3v) is 10.3. The minimum absolute atomic E-state index is 0.00544. The van der Waals surface area contributed by atoms with Gasteiger partial charge >= 0.3 is 0 Å². The SMILES string of the molecule is C/C(=N\NC(=O)c1ccncc1NS(=O)(=O)c1cccs1)c1cccc(S(=O)(=O)N2CCCCC2)c1. The van der Waals surface area contributed by atoms with Gasteiger partial charge in [0.05, 0.1) is 28.1 Å². The van der Waals surface area contributed by atoms with Crippen molar-refractivity contribution < 1.29 is 21.6 Å². The van der Waals surface area contributed by atoms with Crippen molar-refractivity contribution in [1.82, 2.24) is 14.7 Å². The zero-order chi connectivity index (χ0) is 25.8. The first-order chi connectivity index (χ1) is 17.2. The molecule has 0 atom stereocenters. The zero-order valence-corrected chi connectivity index (χ0v) is 21.9. The van der Waals surface area contributed by atoms with Crippen LogP contribution in [0.15, 0.2) is 74.4 Å². The second-order valence-corrected chi connectivity index (χ2v) is 12.9. The van der Waals surface area contributed by atoms with Crippen LogP contribution >= 0.6 is 11.3 Å². The lowest BCUT2D eigenvalue weighted by Gasteiger charge is -2.26. The molecule has 1 aromatic carbocycles. The maximum atomic E-state index is 13.0. The van der Waals surface area contributed by atoms with Crippen molar-refractivity contribution in [3.8, 4) is 0 Å². The van der Waals surface area contributed by atoms with E-state index >= 15 is 0 Å². The van der Waals surface area contributed by atoms with Gasteiger partial charge in [-0.05, 0) is 55.0 Å². The van der Waals surface area contributed by atoms with Crippen molar-refractivity contribution in [3.05, 3.63) is 71.4 Å². The zero-order valence-electron chi connectivity index (χ0n) is 19.4. The van der Waals surface area contributed by atoms with Gasteiger partial charge in [0.1, 0.15) is 4.21 Å². The third-order valence-electron chi connectivity index (χ3n) is 5.60. The highest BCUT2D eigenvalue weighted by Crippen LogP contribution is 2.23. The lowest BCUT2D eigenvalue weighted by atomic mass is 10.1. The summed E-state index contributed by atoms with van der Waals surface area (Å²) in [6, 6.07) is 10.8. The number of hydrazone groups is 1. The van der Waals surface area contributed by atoms with Crippen molar-refractivity contribution in [3.63, 3.8) is 0 Å². The van der Waals surface area contributed by atoms with E-state index in [1.165, 1.54) is 34.9 Å². The molecule has 10 nitrogen and oxygen atoms in total. The lowest BCUT2D eigenvalue weighted by molar-refractivity contribution is 0.0955. The van der Waals surface area contributed by atoms with Gasteiger partial charge in [-0.25, -0.2) is 22.3 Å². The van der Waals surface area contributed by atoms with E-state index in [1.54, 1.807) is 36.6 Å². The molecule has 0 unspecified atom stereocenters. The molecule has 1 fully saturated rings. The Labute approximate surface area is 214 Å². The normalized spacial score (nSPS) is 15.4. The van der Waals surface area contributed by atoms with E-state index in [4.69, 9.17) is 0 Å². The number of nitrogens with one attached hydrogen (secondary N) is 2. The highest BCUT2D eigenvalue weighted by molar-refractivity contribution is 7.94. The average molecular weight is 548 g/mol. The number of carbonyl (C=O) groups is 1. The molecule has 36 heavy (non-hydrogen) atoms. The van der Waals surface area contributed by atoms with Crippen LogP contribution in [-0.2, 0) is 20.0 Å². The molecular formula is C23H25N5O5S3. The van der Waals surface area contributed by atoms with Crippen LogP contribution in [0.1, 0.15) is 42.1 Å². The van der Waals surface area contributed by atoms with Crippen molar-refractivity contribution in [2.45, 2.75) is 35.3 Å². The number of pyridine rings is 1. The Hall–Kier alpha value is -3.13. The first-order valence-electron chi connectivity index (χ1n) is 11.1. The van der Waals surface area contributed by atoms with Gasteiger partial charge < -0.3 is 0 Å². The van der Waals surface area contributed by atoms with Crippen LogP contribution in [0.2, 0.25) is 0 Å². The fourth-order valence-corrected chi connectivity index (χ4v) is 7.30. The first kappa shape index (κ1) is 25.9. The van der Waals surface area contributed by atoms with Crippen LogP contribution in [0, 0.1) is 0 Å². The predicted octanol–water partition coefficient (Wildman–Crippen LogP) is 3.27. The lowest BCUT2D eigenvalue weighted by Crippen LogP contribution is -2.35. The van der Waals surface area contributed by atoms with E-state index in [0.717, 1.165) is 30.6 Å². The van der Waals surface area contributed by atoms with E-state index in [-0.39, 0.29) is 20.4 Å². The highest BCUT2D eigenvalue weighted by Gasteiger charge is 2.26. The van der Waals surface area contributed by atoms with E-state index in [2.05, 4.69) is 20.2 Å². The van der Waals surface area contributed by atoms with Crippen molar-refractivity contribution in [1.29, 1.82) is 0 Å². The standard InChI is InChI=1S/C23H25N5O5S3/c1-17(18-7-5-8-19(15-18)36(32,33)28-12-3-2-4-13-28)25-26-23(29)20-10-11-24-16-21(20)27-35(30,31)22-9-6-14-34-22/h5-11,14-16,27H,2-4,12-13H2,1H3,(H,26,29)/b25-17+. The van der Waals surface area contributed by atoms with Crippen LogP contribution < -0.4 is 10.1 Å². The molecule has 2 N–H and O–H groups in total. The van der Waals surface area contributed by atoms with Gasteiger partial charge in [-0.3, -0.25) is 14.5 Å². The summed E-state index contributed by atoms with van der Waals surface area (Å²) in [4.78, 5) is 16.9. The van der Waals surface area contributed by atoms with Gasteiger partial charge in [-0.2, -0.15) is 9.41 Å². The summed E-state index contributed by atoms with van der Waals surface area (Å²) in [6.07, 6.45) is 5.30. The number of aromatic nitrogens is 1. The van der Waals surface area contributed by atoms with Crippen LogP contribution in [-0.4, -0.2) is 50.8 Å². The molecule has 2 aromatic heterocycles. The number of carbonyl (C=O) groups excluding carboxylic acids is 1. The number of piperidine rings is 1. The average Bonchev–Trinajstić information content (AvgIpc) is 3.44. The molecule has 1 aliphatic rings. The molecule has 0 spiro atoms. The second-order valence-electron chi connectivity index (χ2n) is 8.09. The van der Waals surface area contributed by atoms with Crippen molar-refractivity contribution >= 4 is 48.7 Å². The van der Waals surface area contributed by atoms with Crippen LogP contribution in [0.25, 0.3) is 0 Å². The minimum atomic E-state index is -3.88. The Morgan fingerprint density at radius 2 is 1.83 bits per heavy atom. The Balaban J connectivity index is 1.51. The molecule has 0 radical (unpaired) electrons. The molecule has 0 bridgehead atoms. The number of anilines is 1. The number of hydrogen-bond acceptors (Lipinski definition) is 8. The molecule has 4 rings (SSSR count). The maximum absolute atomic E-state index is 13.0. The topological polar surface area (TPSA) is 138 Å². The fraction of sp³-hybridized carbons (Fsp3) is 0.261. The van der Waals surface area contributed by atoms with Crippen LogP contribution in [0.4, 0.5) is 5.69 Å². The van der Waals surface area contributed by atoms with Gasteiger partial charge in [-0.15, -0.1) is 11.3 Å². The monoisotopic (exact) mass is 547 g/mol. The molecule has 1 saturated heterocycles. The van der Waals surface area contributed by atoms with E-state index in [0.29, 0.717) is 24.4 Å². The predicted molar refractivity (Wildman–Crippen MR) is 138 cm³/mol. The molecule has 0 saturated carbocycles. The maximum Gasteiger partial charge on any atom is 0.273 e. The largest absolute Gasteiger partial charge is 0.277 e. The van der Waals surface area contributed by atoms with E-state index in [9.17, 15) is 21.6 Å². The number of nitrogens with zero attached hydrogens (tertiary/aromatic N) is 3. The van der Waals surface area contributed by atoms with Crippen molar-refractivity contribution in [2.24, 2.45) is 5.10 Å². The van der Waals surface area contributed by atoms with Gasteiger partial charge in [0.15, 0.2) is 0 Å². The summed E-state index contributed by atoms with van der Waals surface area (Å²) < 4.78 is 55.1. The molecule has 0 aliphatic carbocycles. The number of benzene rings is 1. The number of amides is 1. The highest BCUT2D eigenvalue weighted by atomic mass is 32.2. The van der Waals surface area contributed by atoms with Gasteiger partial charge in [0, 0.05) is 19.3 Å². The summed E-state index contributed by atoms with van der Waals surface area (Å²) >= 11 is 1.05. The van der Waals surface area contributed by atoms with Crippen LogP contribution in [0.5, 0.6) is 0 Å². The van der Waals surface area contributed by atoms with Crippen LogP contribution in [0.3, 0.4) is 0 Å². The summed E-state index contributed by atoms with van der Waals surface area (Å²) in [5, 5.41) is 5.74. The summed E-state index contributed by atoms with van der Waals surface area (Å²) in [7, 11) is -7.49. The van der Waals surface area contributed by atoms with Gasteiger partial charge in [0.2, 0.25) is 10.0 Å². The van der Waals surface area contributed by atoms with Gasteiger partial charge in [0.25, 0.3) is 15.9 Å². The molecule has 13 heteroatoms. The summed E-state index contributed by atoms with van der Waals surface area (Å²) in [5.74, 6) is -0.655. The third kappa shape index (κ3) is 5.81. The van der Waals surface area contributed by atoms with E-state index < -0.39 is 26.0 Å². The number of hydrogen-bond donors (Lipinski definition) is 2. The molecule has 1 amide bonds. The molecule has 3 aromatic rings. The summed E-state index contributed by atoms with van der Waals surface area (Å²) in [6.45, 7) is 2.64. The Morgan fingerprint density at radius 1 is 1.06 bits per heavy atom. The first-order valence-corrected chi connectivity index (χ1v) is 14.9. The smallest absolute Gasteiger partial charge is 0.273 e. The second kappa shape index (κ2) is 10.9.